The molecular formula is C10H19N3S. The molecule has 3 nitrogen and oxygen atoms in total. The Hall–Kier alpha value is -0.480. The van der Waals surface area contributed by atoms with E-state index in [2.05, 4.69) is 16.7 Å². The Kier molecular flexibility index (Phi) is 6.53. The van der Waals surface area contributed by atoms with Gasteiger partial charge in [0.15, 0.2) is 0 Å². The lowest BCUT2D eigenvalue weighted by atomic mass is 10.3. The molecule has 0 aliphatic rings. The molecule has 0 bridgehead atoms. The van der Waals surface area contributed by atoms with Crippen LogP contribution in [0.2, 0.25) is 0 Å². The van der Waals surface area contributed by atoms with Crippen molar-refractivity contribution in [3.8, 4) is 0 Å². The van der Waals surface area contributed by atoms with E-state index in [9.17, 15) is 0 Å². The molecule has 14 heavy (non-hydrogen) atoms. The van der Waals surface area contributed by atoms with Crippen LogP contribution in [0.5, 0.6) is 0 Å². The van der Waals surface area contributed by atoms with Crippen molar-refractivity contribution in [3.63, 3.8) is 0 Å². The lowest BCUT2D eigenvalue weighted by molar-refractivity contribution is 0.546. The van der Waals surface area contributed by atoms with E-state index in [1.165, 1.54) is 18.6 Å². The molecule has 0 saturated carbocycles. The monoisotopic (exact) mass is 213 g/mol. The molecule has 1 N–H and O–H groups in total. The van der Waals surface area contributed by atoms with E-state index in [0.717, 1.165) is 19.6 Å². The quantitative estimate of drug-likeness (QED) is 0.665. The lowest BCUT2D eigenvalue weighted by Gasteiger charge is -2.04. The average Bonchev–Trinajstić information content (AvgIpc) is 2.69. The van der Waals surface area contributed by atoms with Crippen LogP contribution in [0.1, 0.15) is 12.8 Å². The smallest absolute Gasteiger partial charge is 0.0533 e. The number of hydrogen-bond acceptors (Lipinski definition) is 3. The Labute approximate surface area is 90.3 Å². The van der Waals surface area contributed by atoms with Gasteiger partial charge in [-0.3, -0.25) is 4.68 Å². The van der Waals surface area contributed by atoms with E-state index < -0.39 is 0 Å². The minimum Gasteiger partial charge on any atom is -0.315 e. The summed E-state index contributed by atoms with van der Waals surface area (Å²) in [6.45, 7) is 3.11. The summed E-state index contributed by atoms with van der Waals surface area (Å²) in [6, 6.07) is 1.96. The zero-order valence-electron chi connectivity index (χ0n) is 8.78. The van der Waals surface area contributed by atoms with Crippen molar-refractivity contribution in [2.24, 2.45) is 0 Å². The number of unbranched alkanes of at least 4 members (excludes halogenated alkanes) is 1. The van der Waals surface area contributed by atoms with Gasteiger partial charge in [-0.15, -0.1) is 0 Å². The molecule has 0 amide bonds. The van der Waals surface area contributed by atoms with Gasteiger partial charge in [0.05, 0.1) is 6.54 Å². The van der Waals surface area contributed by atoms with Gasteiger partial charge < -0.3 is 5.32 Å². The summed E-state index contributed by atoms with van der Waals surface area (Å²) in [6.07, 6.45) is 8.56. The first-order valence-electron chi connectivity index (χ1n) is 5.10. The number of nitrogens with one attached hydrogen (secondary N) is 1. The minimum atomic E-state index is 0.968. The molecule has 0 atom stereocenters. The summed E-state index contributed by atoms with van der Waals surface area (Å²) in [7, 11) is 0. The van der Waals surface area contributed by atoms with Crippen molar-refractivity contribution in [1.29, 1.82) is 0 Å². The van der Waals surface area contributed by atoms with Gasteiger partial charge in [0.2, 0.25) is 0 Å². The topological polar surface area (TPSA) is 29.9 Å². The van der Waals surface area contributed by atoms with Gasteiger partial charge in [-0.2, -0.15) is 16.9 Å². The van der Waals surface area contributed by atoms with Crippen molar-refractivity contribution < 1.29 is 0 Å². The molecule has 0 radical (unpaired) electrons. The Morgan fingerprint density at radius 1 is 1.36 bits per heavy atom. The van der Waals surface area contributed by atoms with Gasteiger partial charge in [0.25, 0.3) is 0 Å². The Morgan fingerprint density at radius 2 is 2.29 bits per heavy atom. The van der Waals surface area contributed by atoms with Crippen LogP contribution in [0.4, 0.5) is 0 Å². The molecule has 80 valence electrons. The number of aromatic nitrogens is 2. The fourth-order valence-electron chi connectivity index (χ4n) is 1.25. The van der Waals surface area contributed by atoms with Crippen LogP contribution in [0.15, 0.2) is 18.5 Å². The molecule has 0 aliphatic heterocycles. The molecule has 0 aliphatic carbocycles. The largest absolute Gasteiger partial charge is 0.315 e. The van der Waals surface area contributed by atoms with Crippen molar-refractivity contribution in [2.45, 2.75) is 19.4 Å². The third kappa shape index (κ3) is 5.29. The zero-order chi connectivity index (χ0) is 10.1. The highest BCUT2D eigenvalue weighted by atomic mass is 32.2. The number of hydrogen-bond donors (Lipinski definition) is 1. The molecule has 1 aromatic heterocycles. The summed E-state index contributed by atoms with van der Waals surface area (Å²) in [4.78, 5) is 0. The lowest BCUT2D eigenvalue weighted by Crippen LogP contribution is -2.21. The number of thioether (sulfide) groups is 1. The molecule has 1 rings (SSSR count). The highest BCUT2D eigenvalue weighted by Gasteiger charge is 1.90. The van der Waals surface area contributed by atoms with Crippen LogP contribution < -0.4 is 5.32 Å². The summed E-state index contributed by atoms with van der Waals surface area (Å²) >= 11 is 1.92. The molecule has 0 unspecified atom stereocenters. The number of nitrogens with zero attached hydrogens (tertiary/aromatic N) is 2. The molecule has 1 heterocycles. The van der Waals surface area contributed by atoms with Crippen molar-refractivity contribution >= 4 is 11.8 Å². The summed E-state index contributed by atoms with van der Waals surface area (Å²) in [5, 5.41) is 7.55. The van der Waals surface area contributed by atoms with Crippen molar-refractivity contribution in [3.05, 3.63) is 18.5 Å². The standard InChI is InChI=1S/C10H19N3S/c1-14-10-3-2-5-11-7-9-13-8-4-6-12-13/h4,6,8,11H,2-3,5,7,9-10H2,1H3. The van der Waals surface area contributed by atoms with Crippen LogP contribution in [0.3, 0.4) is 0 Å². The van der Waals surface area contributed by atoms with Gasteiger partial charge in [-0.25, -0.2) is 0 Å². The fraction of sp³-hybridized carbons (Fsp3) is 0.700. The second-order valence-corrected chi connectivity index (χ2v) is 4.20. The molecule has 0 fully saturated rings. The van der Waals surface area contributed by atoms with E-state index in [1.807, 2.05) is 34.9 Å². The highest BCUT2D eigenvalue weighted by Crippen LogP contribution is 1.97. The van der Waals surface area contributed by atoms with Crippen LogP contribution >= 0.6 is 11.8 Å². The van der Waals surface area contributed by atoms with Gasteiger partial charge in [0, 0.05) is 18.9 Å². The molecular weight excluding hydrogens is 194 g/mol. The van der Waals surface area contributed by atoms with Gasteiger partial charge in [0.1, 0.15) is 0 Å². The SMILES string of the molecule is CSCCCCNCCn1cccn1. The molecule has 0 spiro atoms. The van der Waals surface area contributed by atoms with Gasteiger partial charge in [-0.1, -0.05) is 0 Å². The Balaban J connectivity index is 1.85. The highest BCUT2D eigenvalue weighted by molar-refractivity contribution is 7.98. The van der Waals surface area contributed by atoms with Gasteiger partial charge in [-0.05, 0) is 37.5 Å². The van der Waals surface area contributed by atoms with Crippen LogP contribution in [-0.2, 0) is 6.54 Å². The van der Waals surface area contributed by atoms with E-state index in [1.54, 1.807) is 0 Å². The van der Waals surface area contributed by atoms with Crippen LogP contribution in [0.25, 0.3) is 0 Å². The minimum absolute atomic E-state index is 0.968. The normalized spacial score (nSPS) is 10.6. The maximum Gasteiger partial charge on any atom is 0.0533 e. The molecule has 0 saturated heterocycles. The Morgan fingerprint density at radius 3 is 3.00 bits per heavy atom. The van der Waals surface area contributed by atoms with E-state index in [4.69, 9.17) is 0 Å². The van der Waals surface area contributed by atoms with Crippen LogP contribution in [0, 0.1) is 0 Å². The summed E-state index contributed by atoms with van der Waals surface area (Å²) in [5.41, 5.74) is 0. The maximum absolute atomic E-state index is 4.14. The molecule has 4 heteroatoms. The van der Waals surface area contributed by atoms with Crippen molar-refractivity contribution in [1.82, 2.24) is 15.1 Å². The summed E-state index contributed by atoms with van der Waals surface area (Å²) < 4.78 is 1.95. The van der Waals surface area contributed by atoms with E-state index in [0.29, 0.717) is 0 Å². The molecule has 1 aromatic rings. The predicted molar refractivity (Wildman–Crippen MR) is 62.7 cm³/mol. The first kappa shape index (κ1) is 11.6. The first-order chi connectivity index (χ1) is 6.93. The van der Waals surface area contributed by atoms with Gasteiger partial charge >= 0.3 is 0 Å². The van der Waals surface area contributed by atoms with E-state index in [-0.39, 0.29) is 0 Å². The maximum atomic E-state index is 4.14. The summed E-state index contributed by atoms with van der Waals surface area (Å²) in [5.74, 6) is 1.28. The first-order valence-corrected chi connectivity index (χ1v) is 6.50. The van der Waals surface area contributed by atoms with E-state index >= 15 is 0 Å². The average molecular weight is 213 g/mol. The van der Waals surface area contributed by atoms with Crippen LogP contribution in [-0.4, -0.2) is 34.9 Å². The van der Waals surface area contributed by atoms with Crippen molar-refractivity contribution in [2.75, 3.05) is 25.1 Å². The number of rotatable bonds is 8. The molecule has 0 aromatic carbocycles. The zero-order valence-corrected chi connectivity index (χ0v) is 9.59. The fourth-order valence-corrected chi connectivity index (χ4v) is 1.74. The third-order valence-corrected chi connectivity index (χ3v) is 2.73. The predicted octanol–water partition coefficient (Wildman–Crippen LogP) is 1.62. The second-order valence-electron chi connectivity index (χ2n) is 3.22. The third-order valence-electron chi connectivity index (χ3n) is 2.03. The Bertz CT molecular complexity index is 211. The second kappa shape index (κ2) is 7.88.